The van der Waals surface area contributed by atoms with Crippen LogP contribution in [0.4, 0.5) is 35.9 Å². The van der Waals surface area contributed by atoms with Gasteiger partial charge in [0.15, 0.2) is 5.56 Å². The quantitative estimate of drug-likeness (QED) is 0.365. The number of carbonyl (C=O) groups is 1. The normalized spacial score (nSPS) is 11.6. The summed E-state index contributed by atoms with van der Waals surface area (Å²) in [6, 6.07) is 6.98. The molecular formula is C14H9F3N4O4. The van der Waals surface area contributed by atoms with Crippen LogP contribution in [0.15, 0.2) is 46.6 Å². The van der Waals surface area contributed by atoms with Gasteiger partial charge in [-0.3, -0.25) is 10.1 Å². The molecule has 0 atom stereocenters. The maximum Gasteiger partial charge on any atom is 0.419 e. The third kappa shape index (κ3) is 3.88. The summed E-state index contributed by atoms with van der Waals surface area (Å²) in [7, 11) is 0. The monoisotopic (exact) mass is 354 g/mol. The molecule has 0 aliphatic heterocycles. The zero-order valence-corrected chi connectivity index (χ0v) is 12.2. The standard InChI is InChI=1S/C14H9F3N4O4/c15-14(16,17)12-9(20-19-8-3-1-7(18)2-4-8)5-6-10(21(24)25)11(12)13(22)23/h1-6H,18H2,(H,22,23). The first-order valence-electron chi connectivity index (χ1n) is 6.50. The zero-order valence-electron chi connectivity index (χ0n) is 12.2. The smallest absolute Gasteiger partial charge is 0.419 e. The Morgan fingerprint density at radius 1 is 1.12 bits per heavy atom. The van der Waals surface area contributed by atoms with Crippen molar-refractivity contribution in [2.24, 2.45) is 10.2 Å². The second-order valence-electron chi connectivity index (χ2n) is 4.71. The molecule has 0 radical (unpaired) electrons. The lowest BCUT2D eigenvalue weighted by atomic mass is 10.0. The number of carboxylic acid groups (broad SMARTS) is 1. The van der Waals surface area contributed by atoms with Crippen molar-refractivity contribution in [3.05, 3.63) is 57.6 Å². The van der Waals surface area contributed by atoms with Gasteiger partial charge in [-0.15, -0.1) is 5.11 Å². The van der Waals surface area contributed by atoms with Crippen LogP contribution >= 0.6 is 0 Å². The van der Waals surface area contributed by atoms with Crippen LogP contribution in [0.1, 0.15) is 15.9 Å². The number of hydrogen-bond acceptors (Lipinski definition) is 6. The van der Waals surface area contributed by atoms with Gasteiger partial charge in [0.1, 0.15) is 5.56 Å². The van der Waals surface area contributed by atoms with Crippen LogP contribution in [0.3, 0.4) is 0 Å². The summed E-state index contributed by atoms with van der Waals surface area (Å²) >= 11 is 0. The molecule has 3 N–H and O–H groups in total. The highest BCUT2D eigenvalue weighted by Gasteiger charge is 2.42. The number of nitrogens with two attached hydrogens (primary N) is 1. The fourth-order valence-corrected chi connectivity index (χ4v) is 1.97. The fourth-order valence-electron chi connectivity index (χ4n) is 1.97. The van der Waals surface area contributed by atoms with Gasteiger partial charge in [-0.05, 0) is 30.3 Å². The van der Waals surface area contributed by atoms with E-state index in [0.29, 0.717) is 17.8 Å². The topological polar surface area (TPSA) is 131 Å². The number of rotatable bonds is 4. The van der Waals surface area contributed by atoms with Crippen molar-refractivity contribution in [1.29, 1.82) is 0 Å². The molecule has 0 aromatic heterocycles. The highest BCUT2D eigenvalue weighted by atomic mass is 19.4. The van der Waals surface area contributed by atoms with Gasteiger partial charge >= 0.3 is 12.1 Å². The summed E-state index contributed by atoms with van der Waals surface area (Å²) < 4.78 is 39.9. The predicted molar refractivity (Wildman–Crippen MR) is 80.1 cm³/mol. The molecule has 11 heteroatoms. The van der Waals surface area contributed by atoms with Gasteiger partial charge in [0.2, 0.25) is 0 Å². The molecule has 2 aromatic carbocycles. The Morgan fingerprint density at radius 3 is 2.20 bits per heavy atom. The number of benzene rings is 2. The summed E-state index contributed by atoms with van der Waals surface area (Å²) in [6.07, 6.45) is -5.19. The number of alkyl halides is 3. The molecule has 0 unspecified atom stereocenters. The Hall–Kier alpha value is -3.50. The molecule has 8 nitrogen and oxygen atoms in total. The van der Waals surface area contributed by atoms with Crippen LogP contribution < -0.4 is 5.73 Å². The van der Waals surface area contributed by atoms with Gasteiger partial charge in [0.25, 0.3) is 5.69 Å². The molecule has 0 aliphatic rings. The van der Waals surface area contributed by atoms with Gasteiger partial charge in [0, 0.05) is 11.8 Å². The number of hydrogen-bond donors (Lipinski definition) is 2. The molecule has 2 aromatic rings. The lowest BCUT2D eigenvalue weighted by Crippen LogP contribution is -2.15. The number of aromatic carboxylic acids is 1. The number of carboxylic acids is 1. The summed E-state index contributed by atoms with van der Waals surface area (Å²) in [5, 5.41) is 26.8. The zero-order chi connectivity index (χ0) is 18.8. The molecule has 0 amide bonds. The van der Waals surface area contributed by atoms with E-state index in [4.69, 9.17) is 10.8 Å². The minimum atomic E-state index is -5.19. The van der Waals surface area contributed by atoms with E-state index in [1.54, 1.807) is 0 Å². The minimum Gasteiger partial charge on any atom is -0.477 e. The maximum absolute atomic E-state index is 13.3. The average Bonchev–Trinajstić information content (AvgIpc) is 2.52. The van der Waals surface area contributed by atoms with Gasteiger partial charge in [-0.1, -0.05) is 0 Å². The Balaban J connectivity index is 2.65. The maximum atomic E-state index is 13.3. The van der Waals surface area contributed by atoms with E-state index < -0.39 is 39.6 Å². The fraction of sp³-hybridized carbons (Fsp3) is 0.0714. The van der Waals surface area contributed by atoms with Gasteiger partial charge in [0.05, 0.1) is 16.3 Å². The number of halogens is 3. The number of nitrogens with zero attached hydrogens (tertiary/aromatic N) is 3. The van der Waals surface area contributed by atoms with Crippen LogP contribution in [0.25, 0.3) is 0 Å². The minimum absolute atomic E-state index is 0.164. The van der Waals surface area contributed by atoms with Crippen molar-refractivity contribution in [1.82, 2.24) is 0 Å². The second-order valence-corrected chi connectivity index (χ2v) is 4.71. The molecule has 130 valence electrons. The second kappa shape index (κ2) is 6.55. The van der Waals surface area contributed by atoms with Gasteiger partial charge in [-0.2, -0.15) is 18.3 Å². The van der Waals surface area contributed by atoms with E-state index in [1.807, 2.05) is 0 Å². The first-order valence-corrected chi connectivity index (χ1v) is 6.50. The molecule has 0 spiro atoms. The lowest BCUT2D eigenvalue weighted by Gasteiger charge is -2.12. The molecule has 0 heterocycles. The molecule has 0 bridgehead atoms. The number of nitro groups is 1. The molecule has 0 fully saturated rings. The molecule has 0 saturated carbocycles. The SMILES string of the molecule is Nc1ccc(N=Nc2ccc([N+](=O)[O-])c(C(=O)O)c2C(F)(F)F)cc1. The number of azo groups is 1. The van der Waals surface area contributed by atoms with Crippen LogP contribution in [0.5, 0.6) is 0 Å². The largest absolute Gasteiger partial charge is 0.477 e. The van der Waals surface area contributed by atoms with E-state index >= 15 is 0 Å². The third-order valence-corrected chi connectivity index (χ3v) is 3.02. The van der Waals surface area contributed by atoms with Crippen molar-refractivity contribution in [3.63, 3.8) is 0 Å². The van der Waals surface area contributed by atoms with Gasteiger partial charge < -0.3 is 10.8 Å². The van der Waals surface area contributed by atoms with Crippen LogP contribution in [-0.4, -0.2) is 16.0 Å². The first kappa shape index (κ1) is 17.8. The first-order chi connectivity index (χ1) is 11.6. The number of nitro benzene ring substituents is 1. The number of nitrogen functional groups attached to an aromatic ring is 1. The van der Waals surface area contributed by atoms with Crippen molar-refractivity contribution >= 4 is 28.7 Å². The summed E-state index contributed by atoms with van der Waals surface area (Å²) in [5.41, 5.74) is 0.749. The van der Waals surface area contributed by atoms with Crippen LogP contribution in [-0.2, 0) is 6.18 Å². The Labute approximate surface area is 137 Å². The molecular weight excluding hydrogens is 345 g/mol. The van der Waals surface area contributed by atoms with E-state index in [9.17, 15) is 28.1 Å². The van der Waals surface area contributed by atoms with Crippen LogP contribution in [0, 0.1) is 10.1 Å². The Morgan fingerprint density at radius 2 is 1.72 bits per heavy atom. The van der Waals surface area contributed by atoms with E-state index in [0.717, 1.165) is 0 Å². The van der Waals surface area contributed by atoms with E-state index in [-0.39, 0.29) is 5.69 Å². The van der Waals surface area contributed by atoms with Gasteiger partial charge in [-0.25, -0.2) is 4.79 Å². The third-order valence-electron chi connectivity index (χ3n) is 3.02. The van der Waals surface area contributed by atoms with E-state index in [2.05, 4.69) is 10.2 Å². The predicted octanol–water partition coefficient (Wildman–Crippen LogP) is 4.31. The van der Waals surface area contributed by atoms with E-state index in [1.165, 1.54) is 24.3 Å². The highest BCUT2D eigenvalue weighted by molar-refractivity contribution is 5.96. The number of anilines is 1. The highest BCUT2D eigenvalue weighted by Crippen LogP contribution is 2.42. The average molecular weight is 354 g/mol. The molecule has 0 saturated heterocycles. The van der Waals surface area contributed by atoms with Crippen molar-refractivity contribution in [2.45, 2.75) is 6.18 Å². The molecule has 0 aliphatic carbocycles. The Kier molecular flexibility index (Phi) is 4.68. The van der Waals surface area contributed by atoms with Crippen molar-refractivity contribution in [3.8, 4) is 0 Å². The summed E-state index contributed by atoms with van der Waals surface area (Å²) in [5.74, 6) is -2.09. The molecule has 25 heavy (non-hydrogen) atoms. The molecule has 2 rings (SSSR count). The Bertz CT molecular complexity index is 864. The summed E-state index contributed by atoms with van der Waals surface area (Å²) in [4.78, 5) is 20.8. The van der Waals surface area contributed by atoms with Crippen molar-refractivity contribution < 1.29 is 28.0 Å². The lowest BCUT2D eigenvalue weighted by molar-refractivity contribution is -0.385. The van der Waals surface area contributed by atoms with Crippen LogP contribution in [0.2, 0.25) is 0 Å². The van der Waals surface area contributed by atoms with Crippen molar-refractivity contribution in [2.75, 3.05) is 5.73 Å². The summed E-state index contributed by atoms with van der Waals surface area (Å²) in [6.45, 7) is 0.